The van der Waals surface area contributed by atoms with Crippen molar-refractivity contribution in [2.45, 2.75) is 5.50 Å². The number of ether oxygens (including phenoxy) is 2. The molecule has 0 radical (unpaired) electrons. The summed E-state index contributed by atoms with van der Waals surface area (Å²) in [4.78, 5) is 24.6. The lowest BCUT2D eigenvalue weighted by Gasteiger charge is -2.14. The van der Waals surface area contributed by atoms with Crippen molar-refractivity contribution < 1.29 is 19.1 Å². The van der Waals surface area contributed by atoms with Gasteiger partial charge in [0, 0.05) is 5.56 Å². The highest BCUT2D eigenvalue weighted by molar-refractivity contribution is 6.24. The molecule has 2 amide bonds. The molecule has 1 aliphatic rings. The molecule has 0 aromatic heterocycles. The van der Waals surface area contributed by atoms with E-state index in [0.717, 1.165) is 4.90 Å². The van der Waals surface area contributed by atoms with Crippen LogP contribution in [0.15, 0.2) is 54.6 Å². The molecule has 2 aromatic rings. The smallest absolute Gasteiger partial charge is 0.418 e. The third-order valence-electron chi connectivity index (χ3n) is 3.12. The summed E-state index contributed by atoms with van der Waals surface area (Å²) in [6, 6.07) is 15.8. The predicted octanol–water partition coefficient (Wildman–Crippen LogP) is 3.64. The standard InChI is InChI=1S/C16H12ClNO4/c17-14-10-21-16(20)18(14)15(19)11-6-8-13(9-7-11)22-12-4-2-1-3-5-12/h1-9,14H,10H2. The van der Waals surface area contributed by atoms with E-state index in [9.17, 15) is 9.59 Å². The Morgan fingerprint density at radius 2 is 1.73 bits per heavy atom. The number of carbonyl (C=O) groups excluding carboxylic acids is 2. The zero-order chi connectivity index (χ0) is 15.5. The Kier molecular flexibility index (Phi) is 3.98. The molecular formula is C16H12ClNO4. The first-order chi connectivity index (χ1) is 10.6. The molecular weight excluding hydrogens is 306 g/mol. The van der Waals surface area contributed by atoms with Crippen LogP contribution in [0.25, 0.3) is 0 Å². The number of amides is 2. The van der Waals surface area contributed by atoms with E-state index in [1.54, 1.807) is 24.3 Å². The summed E-state index contributed by atoms with van der Waals surface area (Å²) in [5, 5.41) is 0. The number of halogens is 1. The van der Waals surface area contributed by atoms with E-state index in [1.165, 1.54) is 0 Å². The van der Waals surface area contributed by atoms with Crippen molar-refractivity contribution in [2.75, 3.05) is 6.61 Å². The van der Waals surface area contributed by atoms with Gasteiger partial charge >= 0.3 is 6.09 Å². The molecule has 5 nitrogen and oxygen atoms in total. The SMILES string of the molecule is O=C1OCC(Cl)N1C(=O)c1ccc(Oc2ccccc2)cc1. The van der Waals surface area contributed by atoms with Crippen molar-refractivity contribution in [3.63, 3.8) is 0 Å². The van der Waals surface area contributed by atoms with Crippen molar-refractivity contribution >= 4 is 23.6 Å². The number of alkyl halides is 1. The Labute approximate surface area is 132 Å². The van der Waals surface area contributed by atoms with Gasteiger partial charge in [-0.25, -0.2) is 9.69 Å². The molecule has 1 fully saturated rings. The number of nitrogens with zero attached hydrogens (tertiary/aromatic N) is 1. The molecule has 22 heavy (non-hydrogen) atoms. The fourth-order valence-electron chi connectivity index (χ4n) is 2.04. The molecule has 112 valence electrons. The van der Waals surface area contributed by atoms with Gasteiger partial charge < -0.3 is 9.47 Å². The van der Waals surface area contributed by atoms with Gasteiger partial charge in [-0.3, -0.25) is 4.79 Å². The quantitative estimate of drug-likeness (QED) is 0.640. The van der Waals surface area contributed by atoms with E-state index < -0.39 is 17.5 Å². The normalized spacial score (nSPS) is 17.2. The average Bonchev–Trinajstić information content (AvgIpc) is 2.87. The van der Waals surface area contributed by atoms with Crippen molar-refractivity contribution in [1.29, 1.82) is 0 Å². The summed E-state index contributed by atoms with van der Waals surface area (Å²) >= 11 is 5.89. The lowest BCUT2D eigenvalue weighted by atomic mass is 10.2. The Balaban J connectivity index is 1.74. The first-order valence-corrected chi connectivity index (χ1v) is 7.06. The number of rotatable bonds is 3. The molecule has 1 unspecified atom stereocenters. The summed E-state index contributed by atoms with van der Waals surface area (Å²) in [5.74, 6) is 0.799. The second-order valence-corrected chi connectivity index (χ2v) is 5.13. The molecule has 2 aromatic carbocycles. The highest BCUT2D eigenvalue weighted by atomic mass is 35.5. The van der Waals surface area contributed by atoms with Gasteiger partial charge in [0.25, 0.3) is 5.91 Å². The van der Waals surface area contributed by atoms with Gasteiger partial charge in [0.05, 0.1) is 0 Å². The van der Waals surface area contributed by atoms with Gasteiger partial charge in [-0.15, -0.1) is 0 Å². The summed E-state index contributed by atoms with van der Waals surface area (Å²) in [6.45, 7) is 0.00132. The minimum absolute atomic E-state index is 0.00132. The fraction of sp³-hybridized carbons (Fsp3) is 0.125. The monoisotopic (exact) mass is 317 g/mol. The minimum atomic E-state index is -0.778. The average molecular weight is 318 g/mol. The van der Waals surface area contributed by atoms with Crippen LogP contribution in [-0.2, 0) is 4.74 Å². The van der Waals surface area contributed by atoms with Crippen LogP contribution in [0.4, 0.5) is 4.79 Å². The fourth-order valence-corrected chi connectivity index (χ4v) is 2.27. The molecule has 0 N–H and O–H groups in total. The molecule has 1 atom stereocenters. The third kappa shape index (κ3) is 2.89. The highest BCUT2D eigenvalue weighted by Gasteiger charge is 2.37. The number of para-hydroxylation sites is 1. The number of cyclic esters (lactones) is 1. The molecule has 1 aliphatic heterocycles. The van der Waals surface area contributed by atoms with Crippen molar-refractivity contribution in [1.82, 2.24) is 4.90 Å². The molecule has 0 bridgehead atoms. The largest absolute Gasteiger partial charge is 0.457 e. The minimum Gasteiger partial charge on any atom is -0.457 e. The number of hydrogen-bond donors (Lipinski definition) is 0. The summed E-state index contributed by atoms with van der Waals surface area (Å²) < 4.78 is 10.4. The second-order valence-electron chi connectivity index (χ2n) is 4.63. The lowest BCUT2D eigenvalue weighted by Crippen LogP contribution is -2.35. The van der Waals surface area contributed by atoms with E-state index in [4.69, 9.17) is 21.1 Å². The highest BCUT2D eigenvalue weighted by Crippen LogP contribution is 2.23. The van der Waals surface area contributed by atoms with Crippen LogP contribution in [0.3, 0.4) is 0 Å². The van der Waals surface area contributed by atoms with Crippen molar-refractivity contribution in [3.05, 3.63) is 60.2 Å². The Morgan fingerprint density at radius 3 is 2.32 bits per heavy atom. The van der Waals surface area contributed by atoms with E-state index >= 15 is 0 Å². The van der Waals surface area contributed by atoms with E-state index in [0.29, 0.717) is 17.1 Å². The molecule has 1 saturated heterocycles. The zero-order valence-corrected chi connectivity index (χ0v) is 12.2. The van der Waals surface area contributed by atoms with Crippen LogP contribution in [-0.4, -0.2) is 29.0 Å². The molecule has 0 spiro atoms. The maximum atomic E-state index is 12.2. The lowest BCUT2D eigenvalue weighted by molar-refractivity contribution is 0.0799. The van der Waals surface area contributed by atoms with Gasteiger partial charge in [-0.1, -0.05) is 29.8 Å². The first-order valence-electron chi connectivity index (χ1n) is 6.62. The maximum Gasteiger partial charge on any atom is 0.418 e. The summed E-state index contributed by atoms with van der Waals surface area (Å²) in [6.07, 6.45) is -0.727. The Hall–Kier alpha value is -2.53. The van der Waals surface area contributed by atoms with Gasteiger partial charge in [0.1, 0.15) is 18.1 Å². The van der Waals surface area contributed by atoms with E-state index in [2.05, 4.69) is 0 Å². The van der Waals surface area contributed by atoms with Gasteiger partial charge in [0.2, 0.25) is 0 Å². The van der Waals surface area contributed by atoms with Crippen LogP contribution >= 0.6 is 11.6 Å². The summed E-state index contributed by atoms with van der Waals surface area (Å²) in [7, 11) is 0. The van der Waals surface area contributed by atoms with Crippen LogP contribution in [0, 0.1) is 0 Å². The Bertz CT molecular complexity index is 687. The number of benzene rings is 2. The number of imide groups is 1. The van der Waals surface area contributed by atoms with E-state index in [-0.39, 0.29) is 6.61 Å². The number of hydrogen-bond acceptors (Lipinski definition) is 4. The van der Waals surface area contributed by atoms with Crippen LogP contribution < -0.4 is 4.74 Å². The molecule has 0 saturated carbocycles. The van der Waals surface area contributed by atoms with Gasteiger partial charge in [-0.05, 0) is 36.4 Å². The second kappa shape index (κ2) is 6.07. The van der Waals surface area contributed by atoms with Crippen molar-refractivity contribution in [2.24, 2.45) is 0 Å². The predicted molar refractivity (Wildman–Crippen MR) is 80.1 cm³/mol. The topological polar surface area (TPSA) is 55.8 Å². The third-order valence-corrected chi connectivity index (χ3v) is 3.44. The van der Waals surface area contributed by atoms with Crippen LogP contribution in [0.2, 0.25) is 0 Å². The maximum absolute atomic E-state index is 12.2. The Morgan fingerprint density at radius 1 is 1.09 bits per heavy atom. The first kappa shape index (κ1) is 14.4. The van der Waals surface area contributed by atoms with E-state index in [1.807, 2.05) is 30.3 Å². The van der Waals surface area contributed by atoms with Gasteiger partial charge in [0.15, 0.2) is 5.50 Å². The molecule has 0 aliphatic carbocycles. The van der Waals surface area contributed by atoms with Crippen LogP contribution in [0.1, 0.15) is 10.4 Å². The summed E-state index contributed by atoms with van der Waals surface area (Å²) in [5.41, 5.74) is -0.440. The molecule has 3 rings (SSSR count). The molecule has 6 heteroatoms. The zero-order valence-electron chi connectivity index (χ0n) is 11.4. The van der Waals surface area contributed by atoms with Gasteiger partial charge in [-0.2, -0.15) is 0 Å². The molecule has 1 heterocycles. The van der Waals surface area contributed by atoms with Crippen molar-refractivity contribution in [3.8, 4) is 11.5 Å². The number of carbonyl (C=O) groups is 2. The van der Waals surface area contributed by atoms with Crippen LogP contribution in [0.5, 0.6) is 11.5 Å².